The molecule has 0 fully saturated rings. The van der Waals surface area contributed by atoms with Crippen LogP contribution in [0.5, 0.6) is 0 Å². The minimum atomic E-state index is -3.65. The normalized spacial score (nSPS) is 10.8. The summed E-state index contributed by atoms with van der Waals surface area (Å²) in [6, 6.07) is 0. The lowest BCUT2D eigenvalue weighted by Crippen LogP contribution is -2.35. The number of carbonyl (C=O) groups is 2. The minimum absolute atomic E-state index is 0.302. The van der Waals surface area contributed by atoms with Gasteiger partial charge >= 0.3 is 11.9 Å². The zero-order valence-electron chi connectivity index (χ0n) is 5.98. The summed E-state index contributed by atoms with van der Waals surface area (Å²) in [5.74, 6) is -3.39. The topological polar surface area (TPSA) is 127 Å². The standard InChI is InChI=1S/C4H8N2O5S/c5-12(10,11)2-1-6-3(7)4(8)9/h1-2H2,(H,6,7)(H,8,9)(H2,5,10,11). The zero-order valence-corrected chi connectivity index (χ0v) is 6.80. The van der Waals surface area contributed by atoms with Crippen molar-refractivity contribution in [3.8, 4) is 0 Å². The van der Waals surface area contributed by atoms with Crippen LogP contribution in [-0.4, -0.2) is 37.7 Å². The van der Waals surface area contributed by atoms with Crippen molar-refractivity contribution >= 4 is 21.9 Å². The van der Waals surface area contributed by atoms with E-state index in [0.717, 1.165) is 0 Å². The van der Waals surface area contributed by atoms with Gasteiger partial charge in [0.15, 0.2) is 0 Å². The molecule has 0 bridgehead atoms. The van der Waals surface area contributed by atoms with Gasteiger partial charge in [0.25, 0.3) is 0 Å². The third kappa shape index (κ3) is 5.62. The summed E-state index contributed by atoms with van der Waals surface area (Å²) < 4.78 is 20.5. The van der Waals surface area contributed by atoms with E-state index in [1.807, 2.05) is 5.32 Å². The Kier molecular flexibility index (Phi) is 3.64. The maximum atomic E-state index is 10.3. The highest BCUT2D eigenvalue weighted by molar-refractivity contribution is 7.89. The van der Waals surface area contributed by atoms with E-state index in [2.05, 4.69) is 5.14 Å². The number of sulfonamides is 1. The second-order valence-electron chi connectivity index (χ2n) is 1.93. The van der Waals surface area contributed by atoms with Gasteiger partial charge in [0.05, 0.1) is 5.75 Å². The summed E-state index contributed by atoms with van der Waals surface area (Å²) in [6.07, 6.45) is 0. The average Bonchev–Trinajstić information content (AvgIpc) is 1.84. The molecule has 0 aliphatic heterocycles. The van der Waals surface area contributed by atoms with Crippen LogP contribution in [0.3, 0.4) is 0 Å². The molecule has 8 heteroatoms. The van der Waals surface area contributed by atoms with Gasteiger partial charge < -0.3 is 10.4 Å². The van der Waals surface area contributed by atoms with E-state index in [-0.39, 0.29) is 6.54 Å². The van der Waals surface area contributed by atoms with Crippen LogP contribution in [0.25, 0.3) is 0 Å². The Labute approximate surface area is 68.6 Å². The molecule has 0 aromatic rings. The smallest absolute Gasteiger partial charge is 0.394 e. The largest absolute Gasteiger partial charge is 0.474 e. The maximum Gasteiger partial charge on any atom is 0.394 e. The molecule has 12 heavy (non-hydrogen) atoms. The zero-order chi connectivity index (χ0) is 9.78. The molecule has 0 unspecified atom stereocenters. The van der Waals surface area contributed by atoms with Gasteiger partial charge in [-0.15, -0.1) is 0 Å². The van der Waals surface area contributed by atoms with E-state index < -0.39 is 27.7 Å². The summed E-state index contributed by atoms with van der Waals surface area (Å²) in [7, 11) is -3.65. The highest BCUT2D eigenvalue weighted by Gasteiger charge is 2.10. The van der Waals surface area contributed by atoms with E-state index in [1.54, 1.807) is 0 Å². The molecule has 0 radical (unpaired) electrons. The molecule has 1 amide bonds. The molecular formula is C4H8N2O5S. The van der Waals surface area contributed by atoms with Gasteiger partial charge in [0, 0.05) is 6.54 Å². The van der Waals surface area contributed by atoms with Crippen LogP contribution in [0, 0.1) is 0 Å². The molecule has 0 spiro atoms. The molecule has 0 aromatic heterocycles. The van der Waals surface area contributed by atoms with Gasteiger partial charge in [-0.1, -0.05) is 0 Å². The first kappa shape index (κ1) is 10.8. The molecule has 0 aliphatic carbocycles. The quantitative estimate of drug-likeness (QED) is 0.429. The number of amides is 1. The van der Waals surface area contributed by atoms with Crippen molar-refractivity contribution in [3.05, 3.63) is 0 Å². The number of nitrogens with two attached hydrogens (primary N) is 1. The van der Waals surface area contributed by atoms with E-state index in [1.165, 1.54) is 0 Å². The first-order valence-corrected chi connectivity index (χ1v) is 4.56. The molecule has 0 rings (SSSR count). The number of nitrogens with one attached hydrogen (secondary N) is 1. The second kappa shape index (κ2) is 4.02. The van der Waals surface area contributed by atoms with Gasteiger partial charge in [0.1, 0.15) is 0 Å². The van der Waals surface area contributed by atoms with Crippen LogP contribution in [0.2, 0.25) is 0 Å². The first-order valence-electron chi connectivity index (χ1n) is 2.84. The molecule has 0 aromatic carbocycles. The molecule has 0 heterocycles. The fourth-order valence-electron chi connectivity index (χ4n) is 0.382. The van der Waals surface area contributed by atoms with Gasteiger partial charge in [-0.05, 0) is 0 Å². The Morgan fingerprint density at radius 3 is 2.25 bits per heavy atom. The third-order valence-corrected chi connectivity index (χ3v) is 1.64. The molecule has 0 aliphatic rings. The number of primary sulfonamides is 1. The number of aliphatic carboxylic acids is 1. The summed E-state index contributed by atoms with van der Waals surface area (Å²) >= 11 is 0. The summed E-state index contributed by atoms with van der Waals surface area (Å²) in [5, 5.41) is 14.4. The lowest BCUT2D eigenvalue weighted by Gasteiger charge is -1.98. The van der Waals surface area contributed by atoms with Gasteiger partial charge in [0.2, 0.25) is 10.0 Å². The fraction of sp³-hybridized carbons (Fsp3) is 0.500. The average molecular weight is 196 g/mol. The number of carbonyl (C=O) groups excluding carboxylic acids is 1. The minimum Gasteiger partial charge on any atom is -0.474 e. The molecule has 0 saturated carbocycles. The van der Waals surface area contributed by atoms with Crippen LogP contribution in [-0.2, 0) is 19.6 Å². The number of carboxylic acids is 1. The highest BCUT2D eigenvalue weighted by atomic mass is 32.2. The van der Waals surface area contributed by atoms with Crippen LogP contribution in [0.1, 0.15) is 0 Å². The molecule has 0 atom stereocenters. The highest BCUT2D eigenvalue weighted by Crippen LogP contribution is 1.74. The van der Waals surface area contributed by atoms with Crippen molar-refractivity contribution in [3.63, 3.8) is 0 Å². The summed E-state index contributed by atoms with van der Waals surface area (Å²) in [5.41, 5.74) is 0. The lowest BCUT2D eigenvalue weighted by molar-refractivity contribution is -0.150. The number of carboxylic acid groups (broad SMARTS) is 1. The van der Waals surface area contributed by atoms with Crippen molar-refractivity contribution in [2.75, 3.05) is 12.3 Å². The van der Waals surface area contributed by atoms with E-state index in [9.17, 15) is 18.0 Å². The fourth-order valence-corrected chi connectivity index (χ4v) is 0.769. The van der Waals surface area contributed by atoms with Crippen molar-refractivity contribution in [2.24, 2.45) is 5.14 Å². The number of hydrogen-bond donors (Lipinski definition) is 3. The van der Waals surface area contributed by atoms with Crippen molar-refractivity contribution in [2.45, 2.75) is 0 Å². The van der Waals surface area contributed by atoms with Crippen molar-refractivity contribution in [1.82, 2.24) is 5.32 Å². The van der Waals surface area contributed by atoms with E-state index >= 15 is 0 Å². The number of hydrogen-bond acceptors (Lipinski definition) is 4. The maximum absolute atomic E-state index is 10.3. The third-order valence-electron chi connectivity index (χ3n) is 0.866. The SMILES string of the molecule is NS(=O)(=O)CCNC(=O)C(=O)O. The predicted octanol–water partition coefficient (Wildman–Crippen LogP) is -2.52. The van der Waals surface area contributed by atoms with Crippen LogP contribution < -0.4 is 10.5 Å². The van der Waals surface area contributed by atoms with Crippen molar-refractivity contribution < 1.29 is 23.1 Å². The van der Waals surface area contributed by atoms with Crippen molar-refractivity contribution in [1.29, 1.82) is 0 Å². The molecule has 70 valence electrons. The second-order valence-corrected chi connectivity index (χ2v) is 3.66. The molecule has 0 saturated heterocycles. The van der Waals surface area contributed by atoms with Crippen LogP contribution in [0.15, 0.2) is 0 Å². The Morgan fingerprint density at radius 2 is 1.92 bits per heavy atom. The Morgan fingerprint density at radius 1 is 1.42 bits per heavy atom. The van der Waals surface area contributed by atoms with Gasteiger partial charge in [-0.3, -0.25) is 4.79 Å². The van der Waals surface area contributed by atoms with Gasteiger partial charge in [-0.2, -0.15) is 0 Å². The van der Waals surface area contributed by atoms with Crippen LogP contribution >= 0.6 is 0 Å². The molecule has 7 nitrogen and oxygen atoms in total. The van der Waals surface area contributed by atoms with E-state index in [4.69, 9.17) is 5.11 Å². The summed E-state index contributed by atoms with van der Waals surface area (Å²) in [4.78, 5) is 20.1. The first-order chi connectivity index (χ1) is 5.33. The predicted molar refractivity (Wildman–Crippen MR) is 38.6 cm³/mol. The molecular weight excluding hydrogens is 188 g/mol. The van der Waals surface area contributed by atoms with Crippen LogP contribution in [0.4, 0.5) is 0 Å². The lowest BCUT2D eigenvalue weighted by atomic mass is 10.6. The van der Waals surface area contributed by atoms with E-state index in [0.29, 0.717) is 0 Å². The van der Waals surface area contributed by atoms with Gasteiger partial charge in [-0.25, -0.2) is 18.4 Å². The monoisotopic (exact) mass is 196 g/mol. The molecule has 4 N–H and O–H groups in total. The number of rotatable bonds is 3. The summed E-state index contributed by atoms with van der Waals surface area (Å²) in [6.45, 7) is -0.302. The Balaban J connectivity index is 3.73. The Hall–Kier alpha value is -1.15. The Bertz CT molecular complexity index is 282.